The van der Waals surface area contributed by atoms with Crippen molar-refractivity contribution >= 4 is 21.6 Å². The molecule has 1 heterocycles. The van der Waals surface area contributed by atoms with E-state index in [9.17, 15) is 13.2 Å². The molecule has 0 atom stereocenters. The molecule has 0 bridgehead atoms. The quantitative estimate of drug-likeness (QED) is 0.867. The van der Waals surface area contributed by atoms with Crippen molar-refractivity contribution in [3.63, 3.8) is 0 Å². The second-order valence-electron chi connectivity index (χ2n) is 6.91. The lowest BCUT2D eigenvalue weighted by Crippen LogP contribution is -2.27. The van der Waals surface area contributed by atoms with Gasteiger partial charge in [0.05, 0.1) is 4.90 Å². The van der Waals surface area contributed by atoms with Crippen LogP contribution in [0.5, 0.6) is 0 Å². The molecule has 1 aliphatic heterocycles. The Kier molecular flexibility index (Phi) is 5.32. The van der Waals surface area contributed by atoms with Gasteiger partial charge in [-0.3, -0.25) is 9.52 Å². The van der Waals surface area contributed by atoms with Gasteiger partial charge in [0.15, 0.2) is 0 Å². The summed E-state index contributed by atoms with van der Waals surface area (Å²) in [7, 11) is -3.68. The molecule has 3 rings (SSSR count). The van der Waals surface area contributed by atoms with E-state index in [1.807, 2.05) is 12.1 Å². The van der Waals surface area contributed by atoms with Gasteiger partial charge in [0.2, 0.25) is 0 Å². The van der Waals surface area contributed by atoms with E-state index in [0.29, 0.717) is 17.2 Å². The smallest absolute Gasteiger partial charge is 0.261 e. The Hall–Kier alpha value is -2.34. The van der Waals surface area contributed by atoms with Crippen molar-refractivity contribution in [3.05, 3.63) is 59.7 Å². The molecule has 6 heteroatoms. The molecule has 138 valence electrons. The third-order valence-electron chi connectivity index (χ3n) is 4.63. The molecule has 1 N–H and O–H groups in total. The maximum Gasteiger partial charge on any atom is 0.261 e. The zero-order chi connectivity index (χ0) is 18.7. The predicted molar refractivity (Wildman–Crippen MR) is 103 cm³/mol. The van der Waals surface area contributed by atoms with Crippen molar-refractivity contribution in [2.75, 3.05) is 17.8 Å². The van der Waals surface area contributed by atoms with E-state index in [1.165, 1.54) is 12.1 Å². The zero-order valence-electron chi connectivity index (χ0n) is 15.1. The minimum absolute atomic E-state index is 0.0383. The number of nitrogens with one attached hydrogen (secondary N) is 1. The van der Waals surface area contributed by atoms with Crippen LogP contribution >= 0.6 is 0 Å². The molecule has 1 fully saturated rings. The molecular weight excluding hydrogens is 348 g/mol. The van der Waals surface area contributed by atoms with Crippen LogP contribution < -0.4 is 4.72 Å². The monoisotopic (exact) mass is 372 g/mol. The number of carbonyl (C=O) groups excluding carboxylic acids is 1. The lowest BCUT2D eigenvalue weighted by molar-refractivity contribution is 0.0792. The SMILES string of the molecule is CC(C)c1ccc(NS(=O)(=O)c2ccc(C(=O)N3CCCC3)cc2)cc1. The third-order valence-corrected chi connectivity index (χ3v) is 6.03. The normalized spacial score (nSPS) is 14.7. The largest absolute Gasteiger partial charge is 0.339 e. The molecule has 0 spiro atoms. The summed E-state index contributed by atoms with van der Waals surface area (Å²) < 4.78 is 27.7. The van der Waals surface area contributed by atoms with Crippen LogP contribution in [0.15, 0.2) is 53.4 Å². The van der Waals surface area contributed by atoms with E-state index in [0.717, 1.165) is 31.5 Å². The molecule has 0 aromatic heterocycles. The number of amides is 1. The highest BCUT2D eigenvalue weighted by atomic mass is 32.2. The number of sulfonamides is 1. The van der Waals surface area contributed by atoms with Crippen LogP contribution in [0.2, 0.25) is 0 Å². The van der Waals surface area contributed by atoms with Gasteiger partial charge in [-0.2, -0.15) is 0 Å². The summed E-state index contributed by atoms with van der Waals surface area (Å²) in [5.74, 6) is 0.352. The van der Waals surface area contributed by atoms with E-state index in [-0.39, 0.29) is 10.8 Å². The average Bonchev–Trinajstić information content (AvgIpc) is 3.16. The number of hydrogen-bond acceptors (Lipinski definition) is 3. The lowest BCUT2D eigenvalue weighted by atomic mass is 10.0. The molecule has 26 heavy (non-hydrogen) atoms. The molecule has 0 unspecified atom stereocenters. The van der Waals surface area contributed by atoms with Crippen molar-refractivity contribution in [2.45, 2.75) is 37.5 Å². The number of likely N-dealkylation sites (tertiary alicyclic amines) is 1. The Morgan fingerprint density at radius 1 is 0.962 bits per heavy atom. The first-order valence-electron chi connectivity index (χ1n) is 8.89. The van der Waals surface area contributed by atoms with Gasteiger partial charge in [-0.25, -0.2) is 8.42 Å². The van der Waals surface area contributed by atoms with Crippen molar-refractivity contribution in [1.82, 2.24) is 4.90 Å². The first-order valence-corrected chi connectivity index (χ1v) is 10.4. The molecule has 1 saturated heterocycles. The van der Waals surface area contributed by atoms with Gasteiger partial charge in [-0.1, -0.05) is 26.0 Å². The summed E-state index contributed by atoms with van der Waals surface area (Å²) in [4.78, 5) is 14.3. The van der Waals surface area contributed by atoms with Crippen LogP contribution in [0.3, 0.4) is 0 Å². The second-order valence-corrected chi connectivity index (χ2v) is 8.59. The summed E-state index contributed by atoms with van der Waals surface area (Å²) in [5, 5.41) is 0. The minimum Gasteiger partial charge on any atom is -0.339 e. The highest BCUT2D eigenvalue weighted by molar-refractivity contribution is 7.92. The lowest BCUT2D eigenvalue weighted by Gasteiger charge is -2.15. The maximum absolute atomic E-state index is 12.6. The summed E-state index contributed by atoms with van der Waals surface area (Å²) in [5.41, 5.74) is 2.19. The molecular formula is C20H24N2O3S. The number of anilines is 1. The molecule has 0 aliphatic carbocycles. The van der Waals surface area contributed by atoms with Crippen molar-refractivity contribution in [3.8, 4) is 0 Å². The number of nitrogens with zero attached hydrogens (tertiary/aromatic N) is 1. The predicted octanol–water partition coefficient (Wildman–Crippen LogP) is 3.85. The summed E-state index contributed by atoms with van der Waals surface area (Å²) in [6, 6.07) is 13.5. The summed E-state index contributed by atoms with van der Waals surface area (Å²) in [6.45, 7) is 5.72. The van der Waals surface area contributed by atoms with E-state index < -0.39 is 10.0 Å². The molecule has 1 aliphatic rings. The molecule has 0 radical (unpaired) electrons. The Labute approximate surface area is 155 Å². The van der Waals surface area contributed by atoms with Crippen LogP contribution in [0.4, 0.5) is 5.69 Å². The van der Waals surface area contributed by atoms with Crippen molar-refractivity contribution in [2.24, 2.45) is 0 Å². The second kappa shape index (κ2) is 7.50. The van der Waals surface area contributed by atoms with Gasteiger partial charge in [0.25, 0.3) is 15.9 Å². The van der Waals surface area contributed by atoms with E-state index in [1.54, 1.807) is 29.2 Å². The molecule has 2 aromatic carbocycles. The van der Waals surface area contributed by atoms with Crippen LogP contribution in [0, 0.1) is 0 Å². The Bertz CT molecular complexity index is 866. The average molecular weight is 372 g/mol. The summed E-state index contributed by atoms with van der Waals surface area (Å²) >= 11 is 0. The summed E-state index contributed by atoms with van der Waals surface area (Å²) in [6.07, 6.45) is 2.05. The fraction of sp³-hybridized carbons (Fsp3) is 0.350. The maximum atomic E-state index is 12.6. The van der Waals surface area contributed by atoms with E-state index in [4.69, 9.17) is 0 Å². The van der Waals surface area contributed by atoms with Gasteiger partial charge in [0.1, 0.15) is 0 Å². The highest BCUT2D eigenvalue weighted by Crippen LogP contribution is 2.21. The number of hydrogen-bond donors (Lipinski definition) is 1. The third kappa shape index (κ3) is 4.07. The fourth-order valence-electron chi connectivity index (χ4n) is 3.03. The van der Waals surface area contributed by atoms with Crippen molar-refractivity contribution < 1.29 is 13.2 Å². The minimum atomic E-state index is -3.68. The van der Waals surface area contributed by atoms with E-state index >= 15 is 0 Å². The first kappa shape index (κ1) is 18.5. The van der Waals surface area contributed by atoms with Gasteiger partial charge >= 0.3 is 0 Å². The number of rotatable bonds is 5. The molecule has 2 aromatic rings. The van der Waals surface area contributed by atoms with Crippen LogP contribution in [-0.2, 0) is 10.0 Å². The topological polar surface area (TPSA) is 66.5 Å². The molecule has 5 nitrogen and oxygen atoms in total. The van der Waals surface area contributed by atoms with Gasteiger partial charge in [-0.15, -0.1) is 0 Å². The van der Waals surface area contributed by atoms with Gasteiger partial charge in [-0.05, 0) is 60.7 Å². The number of benzene rings is 2. The van der Waals surface area contributed by atoms with Crippen LogP contribution in [-0.4, -0.2) is 32.3 Å². The first-order chi connectivity index (χ1) is 12.4. The van der Waals surface area contributed by atoms with Crippen molar-refractivity contribution in [1.29, 1.82) is 0 Å². The highest BCUT2D eigenvalue weighted by Gasteiger charge is 2.20. The zero-order valence-corrected chi connectivity index (χ0v) is 15.9. The van der Waals surface area contributed by atoms with Crippen LogP contribution in [0.1, 0.15) is 48.5 Å². The Balaban J connectivity index is 1.73. The Morgan fingerprint density at radius 2 is 1.54 bits per heavy atom. The van der Waals surface area contributed by atoms with Gasteiger partial charge < -0.3 is 4.90 Å². The van der Waals surface area contributed by atoms with Gasteiger partial charge in [0, 0.05) is 24.3 Å². The van der Waals surface area contributed by atoms with E-state index in [2.05, 4.69) is 18.6 Å². The molecule has 0 saturated carbocycles. The van der Waals surface area contributed by atoms with Crippen LogP contribution in [0.25, 0.3) is 0 Å². The number of carbonyl (C=O) groups is 1. The fourth-order valence-corrected chi connectivity index (χ4v) is 4.09. The standard InChI is InChI=1S/C20H24N2O3S/c1-15(2)16-5-9-18(10-6-16)21-26(24,25)19-11-7-17(8-12-19)20(23)22-13-3-4-14-22/h5-12,15,21H,3-4,13-14H2,1-2H3. The Morgan fingerprint density at radius 3 is 2.08 bits per heavy atom. The molecule has 1 amide bonds.